The molecule has 1 fully saturated rings. The first-order valence-electron chi connectivity index (χ1n) is 10.3. The zero-order chi connectivity index (χ0) is 28.9. The van der Waals surface area contributed by atoms with Crippen LogP contribution in [-0.2, 0) is 50.4 Å². The summed E-state index contributed by atoms with van der Waals surface area (Å²) in [6.07, 6.45) is 0. The van der Waals surface area contributed by atoms with E-state index in [1.807, 2.05) is 0 Å². The van der Waals surface area contributed by atoms with E-state index in [0.717, 1.165) is 18.4 Å². The number of esters is 2. The maximum absolute atomic E-state index is 12.9. The Kier molecular flexibility index (Phi) is 11.0. The van der Waals surface area contributed by atoms with Gasteiger partial charge in [-0.3, -0.25) is 19.7 Å². The van der Waals surface area contributed by atoms with Crippen molar-refractivity contribution in [2.75, 3.05) is 19.5 Å². The average molecular weight is 608 g/mol. The molecule has 0 unspecified atom stereocenters. The van der Waals surface area contributed by atoms with E-state index in [2.05, 4.69) is 20.2 Å². The van der Waals surface area contributed by atoms with E-state index >= 15 is 0 Å². The van der Waals surface area contributed by atoms with Crippen LogP contribution in [0.2, 0.25) is 0 Å². The molecule has 0 radical (unpaired) electrons. The summed E-state index contributed by atoms with van der Waals surface area (Å²) < 4.78 is 43.1. The van der Waals surface area contributed by atoms with Crippen LogP contribution >= 0.6 is 11.3 Å². The van der Waals surface area contributed by atoms with Gasteiger partial charge in [0, 0.05) is 17.5 Å². The molecule has 0 bridgehead atoms. The van der Waals surface area contributed by atoms with Crippen LogP contribution in [-0.4, -0.2) is 82.4 Å². The fraction of sp³-hybridized carbons (Fsp3) is 0.263. The van der Waals surface area contributed by atoms with E-state index in [4.69, 9.17) is 15.3 Å². The van der Waals surface area contributed by atoms with Crippen molar-refractivity contribution in [1.82, 2.24) is 14.6 Å². The molecule has 40 heavy (non-hydrogen) atoms. The molecule has 2 atom stereocenters. The number of rotatable bonds is 11. The Morgan fingerprint density at radius 2 is 1.93 bits per heavy atom. The van der Waals surface area contributed by atoms with Gasteiger partial charge in [0.2, 0.25) is 6.61 Å². The summed E-state index contributed by atoms with van der Waals surface area (Å²) in [5.74, 6) is -4.83. The standard InChI is InChI=1S/C19H18N6O12S2.Na/c1-35-18(29)15-14(17(28)24(15)39(32,33)34)22-16(27)13(11-8-38-19(20)21-11)23-37-7-12(26)36-6-9-2-4-10(5-3-9)25(30)31;/h2-5,8,14-15H,6-7H2,1H3,(H2,20,21)(H,22,27)(H,32,33,34);/q;+1/p-1/t14-,15-;/m0./s1. The van der Waals surface area contributed by atoms with Gasteiger partial charge in [-0.25, -0.2) is 27.3 Å². The molecule has 1 aromatic carbocycles. The molecule has 0 saturated carbocycles. The first kappa shape index (κ1) is 32.5. The second kappa shape index (κ2) is 13.6. The second-order valence-corrected chi connectivity index (χ2v) is 9.52. The number of benzene rings is 1. The summed E-state index contributed by atoms with van der Waals surface area (Å²) in [6, 6.07) is 1.42. The predicted molar refractivity (Wildman–Crippen MR) is 126 cm³/mol. The Bertz CT molecular complexity index is 1450. The first-order valence-corrected chi connectivity index (χ1v) is 12.6. The Morgan fingerprint density at radius 1 is 1.27 bits per heavy atom. The van der Waals surface area contributed by atoms with E-state index in [1.165, 1.54) is 29.6 Å². The minimum atomic E-state index is -5.39. The van der Waals surface area contributed by atoms with Crippen LogP contribution in [0, 0.1) is 10.1 Å². The van der Waals surface area contributed by atoms with Gasteiger partial charge in [0.15, 0.2) is 27.2 Å². The van der Waals surface area contributed by atoms with Crippen molar-refractivity contribution < 1.29 is 80.9 Å². The Hall–Kier alpha value is -3.69. The SMILES string of the molecule is COC(=O)[C@@H]1[C@H](NC(=O)C(=NOCC(=O)OCc2ccc([N+](=O)[O-])cc2)c2csc(N)n2)C(=O)N1S(=O)(=O)[O-].[Na+]. The number of methoxy groups -OCH3 is 1. The first-order chi connectivity index (χ1) is 18.3. The number of ether oxygens (including phenoxy) is 2. The van der Waals surface area contributed by atoms with Crippen LogP contribution in [0.15, 0.2) is 34.8 Å². The van der Waals surface area contributed by atoms with Crippen molar-refractivity contribution in [1.29, 1.82) is 0 Å². The smallest absolute Gasteiger partial charge is 0.731 e. The fourth-order valence-corrected chi connectivity index (χ4v) is 4.45. The van der Waals surface area contributed by atoms with Crippen LogP contribution in [0.3, 0.4) is 0 Å². The number of nitrogens with zero attached hydrogens (tertiary/aromatic N) is 4. The molecule has 1 saturated heterocycles. The quantitative estimate of drug-likeness (QED) is 0.0463. The molecule has 18 nitrogen and oxygen atoms in total. The third kappa shape index (κ3) is 7.70. The fourth-order valence-electron chi connectivity index (χ4n) is 3.08. The molecule has 3 N–H and O–H groups in total. The van der Waals surface area contributed by atoms with Gasteiger partial charge < -0.3 is 29.9 Å². The molecule has 1 aliphatic heterocycles. The minimum Gasteiger partial charge on any atom is -0.731 e. The van der Waals surface area contributed by atoms with Gasteiger partial charge in [0.05, 0.1) is 12.0 Å². The van der Waals surface area contributed by atoms with Gasteiger partial charge in [-0.05, 0) is 17.7 Å². The largest absolute Gasteiger partial charge is 1.00 e. The molecule has 0 spiro atoms. The van der Waals surface area contributed by atoms with Gasteiger partial charge in [-0.2, -0.15) is 0 Å². The van der Waals surface area contributed by atoms with E-state index < -0.39 is 63.4 Å². The predicted octanol–water partition coefficient (Wildman–Crippen LogP) is -4.57. The van der Waals surface area contributed by atoms with Crippen molar-refractivity contribution in [3.63, 3.8) is 0 Å². The van der Waals surface area contributed by atoms with Crippen molar-refractivity contribution in [2.24, 2.45) is 5.16 Å². The van der Waals surface area contributed by atoms with Crippen LogP contribution in [0.5, 0.6) is 0 Å². The van der Waals surface area contributed by atoms with Gasteiger partial charge in [0.1, 0.15) is 18.3 Å². The van der Waals surface area contributed by atoms with E-state index in [-0.39, 0.29) is 57.0 Å². The van der Waals surface area contributed by atoms with Gasteiger partial charge >= 0.3 is 41.5 Å². The van der Waals surface area contributed by atoms with Crippen LogP contribution in [0.1, 0.15) is 11.3 Å². The van der Waals surface area contributed by atoms with Crippen molar-refractivity contribution >= 4 is 61.9 Å². The van der Waals surface area contributed by atoms with Gasteiger partial charge in [-0.1, -0.05) is 5.16 Å². The summed E-state index contributed by atoms with van der Waals surface area (Å²) in [5, 5.41) is 17.5. The van der Waals surface area contributed by atoms with Crippen molar-refractivity contribution in [3.05, 3.63) is 51.0 Å². The number of oxime groups is 1. The third-order valence-electron chi connectivity index (χ3n) is 4.89. The molecule has 3 rings (SSSR count). The average Bonchev–Trinajstić information content (AvgIpc) is 3.31. The molecule has 208 valence electrons. The summed E-state index contributed by atoms with van der Waals surface area (Å²) in [6.45, 7) is -1.06. The van der Waals surface area contributed by atoms with Gasteiger partial charge in [-0.15, -0.1) is 11.3 Å². The molecule has 2 heterocycles. The maximum Gasteiger partial charge on any atom is 1.00 e. The number of nitro groups is 1. The van der Waals surface area contributed by atoms with Gasteiger partial charge in [0.25, 0.3) is 17.5 Å². The summed E-state index contributed by atoms with van der Waals surface area (Å²) in [5.41, 5.74) is 5.07. The summed E-state index contributed by atoms with van der Waals surface area (Å²) >= 11 is 0.897. The zero-order valence-electron chi connectivity index (χ0n) is 20.5. The number of aromatic nitrogens is 1. The number of nitrogens with two attached hydrogens (primary N) is 1. The number of hydrogen-bond acceptors (Lipinski definition) is 16. The van der Waals surface area contributed by atoms with Crippen molar-refractivity contribution in [3.8, 4) is 0 Å². The monoisotopic (exact) mass is 608 g/mol. The van der Waals surface area contributed by atoms with Crippen LogP contribution in [0.25, 0.3) is 0 Å². The maximum atomic E-state index is 12.9. The van der Waals surface area contributed by atoms with Crippen LogP contribution in [0.4, 0.5) is 10.8 Å². The number of nitro benzene ring substituents is 1. The Balaban J connectivity index is 0.00000560. The number of carbonyl (C=O) groups is 4. The molecular formula is C19H17N6NaO12S2. The number of non-ortho nitro benzene ring substituents is 1. The zero-order valence-corrected chi connectivity index (χ0v) is 24.2. The summed E-state index contributed by atoms with van der Waals surface area (Å²) in [4.78, 5) is 67.8. The van der Waals surface area contributed by atoms with E-state index in [1.54, 1.807) is 0 Å². The molecule has 1 aliphatic rings. The molecular weight excluding hydrogens is 591 g/mol. The molecule has 0 aliphatic carbocycles. The summed E-state index contributed by atoms with van der Waals surface area (Å²) in [7, 11) is -4.52. The number of amides is 2. The Labute approximate surface area is 250 Å². The number of thiazole rings is 1. The normalized spacial score (nSPS) is 16.7. The second-order valence-electron chi connectivity index (χ2n) is 7.38. The molecule has 21 heteroatoms. The number of carbonyl (C=O) groups excluding carboxylic acids is 4. The molecule has 2 amide bonds. The van der Waals surface area contributed by atoms with E-state index in [0.29, 0.717) is 5.56 Å². The molecule has 1 aromatic heterocycles. The Morgan fingerprint density at radius 3 is 2.45 bits per heavy atom. The third-order valence-corrected chi connectivity index (χ3v) is 6.45. The number of hydrogen-bond donors (Lipinski definition) is 2. The molecule has 2 aromatic rings. The van der Waals surface area contributed by atoms with Crippen molar-refractivity contribution in [2.45, 2.75) is 18.7 Å². The van der Waals surface area contributed by atoms with E-state index in [9.17, 15) is 42.3 Å². The number of nitrogens with one attached hydrogen (secondary N) is 1. The topological polar surface area (TPSA) is 263 Å². The number of nitrogen functional groups attached to an aromatic ring is 1. The number of β-lactam (4-membered cyclic amide) rings is 1. The van der Waals surface area contributed by atoms with Crippen LogP contribution < -0.4 is 40.6 Å². The minimum absolute atomic E-state index is 0. The number of anilines is 1.